The van der Waals surface area contributed by atoms with E-state index in [0.717, 1.165) is 11.8 Å². The van der Waals surface area contributed by atoms with Crippen molar-refractivity contribution >= 4 is 0 Å². The largest absolute Gasteiger partial charge is 0.508 e. The first-order valence-electron chi connectivity index (χ1n) is 9.25. The summed E-state index contributed by atoms with van der Waals surface area (Å²) >= 11 is 0. The van der Waals surface area contributed by atoms with Crippen molar-refractivity contribution in [3.8, 4) is 11.5 Å². The molecule has 0 amide bonds. The molecule has 2 aromatic rings. The third-order valence-electron chi connectivity index (χ3n) is 7.50. The maximum atomic E-state index is 9.75. The van der Waals surface area contributed by atoms with Crippen LogP contribution in [-0.2, 0) is 10.8 Å². The Morgan fingerprint density at radius 3 is 2.04 bits per heavy atom. The van der Waals surface area contributed by atoms with Crippen LogP contribution in [0.4, 0.5) is 0 Å². The predicted octanol–water partition coefficient (Wildman–Crippen LogP) is 4.89. The molecule has 0 aliphatic heterocycles. The lowest BCUT2D eigenvalue weighted by molar-refractivity contribution is 0.170. The van der Waals surface area contributed by atoms with E-state index < -0.39 is 0 Å². The molecule has 0 aromatic heterocycles. The molecule has 3 aliphatic rings. The van der Waals surface area contributed by atoms with Crippen molar-refractivity contribution in [1.82, 2.24) is 0 Å². The Balaban J connectivity index is 1.72. The molecule has 0 spiro atoms. The standard InChI is InChI=1S/C22H24O2/c23-18-7-3-16(4-8-18)21-13-11-15(14-21)20-2-1-12-22(20,21)17-5-9-19(24)10-6-17/h3-10,15,20,23-24H,1-2,11-14H2. The maximum absolute atomic E-state index is 9.75. The number of phenols is 2. The van der Waals surface area contributed by atoms with Gasteiger partial charge in [0.1, 0.15) is 11.5 Å². The zero-order valence-electron chi connectivity index (χ0n) is 13.9. The smallest absolute Gasteiger partial charge is 0.115 e. The summed E-state index contributed by atoms with van der Waals surface area (Å²) in [6, 6.07) is 16.1. The Morgan fingerprint density at radius 1 is 0.750 bits per heavy atom. The van der Waals surface area contributed by atoms with Crippen LogP contribution in [0.3, 0.4) is 0 Å². The summed E-state index contributed by atoms with van der Waals surface area (Å²) in [4.78, 5) is 0. The third kappa shape index (κ3) is 1.62. The van der Waals surface area contributed by atoms with Gasteiger partial charge in [0.2, 0.25) is 0 Å². The number of rotatable bonds is 2. The van der Waals surface area contributed by atoms with Gasteiger partial charge < -0.3 is 10.2 Å². The number of hydrogen-bond acceptors (Lipinski definition) is 2. The van der Waals surface area contributed by atoms with Crippen molar-refractivity contribution in [3.05, 3.63) is 59.7 Å². The van der Waals surface area contributed by atoms with Gasteiger partial charge in [0.15, 0.2) is 0 Å². The van der Waals surface area contributed by atoms with Crippen molar-refractivity contribution < 1.29 is 10.2 Å². The van der Waals surface area contributed by atoms with Crippen LogP contribution in [-0.4, -0.2) is 10.2 Å². The Kier molecular flexibility index (Phi) is 2.87. The van der Waals surface area contributed by atoms with Gasteiger partial charge in [-0.1, -0.05) is 30.7 Å². The van der Waals surface area contributed by atoms with Gasteiger partial charge in [-0.15, -0.1) is 0 Å². The number of fused-ring (bicyclic) bond motifs is 5. The van der Waals surface area contributed by atoms with Crippen LogP contribution < -0.4 is 0 Å². The first-order chi connectivity index (χ1) is 11.7. The second-order valence-corrected chi connectivity index (χ2v) is 8.15. The fraction of sp³-hybridized carbons (Fsp3) is 0.455. The molecule has 4 unspecified atom stereocenters. The normalized spacial score (nSPS) is 36.8. The molecule has 2 heteroatoms. The molecule has 3 fully saturated rings. The molecule has 0 radical (unpaired) electrons. The molecule has 3 saturated carbocycles. The van der Waals surface area contributed by atoms with E-state index in [2.05, 4.69) is 24.3 Å². The second-order valence-electron chi connectivity index (χ2n) is 8.15. The molecule has 0 heterocycles. The molecular formula is C22H24O2. The molecule has 2 bridgehead atoms. The molecule has 124 valence electrons. The summed E-state index contributed by atoms with van der Waals surface area (Å²) in [5, 5.41) is 19.5. The second kappa shape index (κ2) is 4.78. The van der Waals surface area contributed by atoms with Crippen molar-refractivity contribution in [2.24, 2.45) is 11.8 Å². The number of benzene rings is 2. The Labute approximate surface area is 143 Å². The summed E-state index contributed by atoms with van der Waals surface area (Å²) in [6.07, 6.45) is 7.77. The molecular weight excluding hydrogens is 296 g/mol. The zero-order chi connectivity index (χ0) is 16.4. The van der Waals surface area contributed by atoms with E-state index in [1.165, 1.54) is 49.7 Å². The van der Waals surface area contributed by atoms with Gasteiger partial charge in [-0.25, -0.2) is 0 Å². The van der Waals surface area contributed by atoms with E-state index in [4.69, 9.17) is 0 Å². The highest BCUT2D eigenvalue weighted by atomic mass is 16.3. The number of aromatic hydroxyl groups is 2. The van der Waals surface area contributed by atoms with Gasteiger partial charge >= 0.3 is 0 Å². The van der Waals surface area contributed by atoms with Crippen LogP contribution in [0.15, 0.2) is 48.5 Å². The lowest BCUT2D eigenvalue weighted by Crippen LogP contribution is -2.47. The topological polar surface area (TPSA) is 40.5 Å². The average Bonchev–Trinajstić information content (AvgIpc) is 3.27. The fourth-order valence-electron chi connectivity index (χ4n) is 6.79. The van der Waals surface area contributed by atoms with Crippen LogP contribution >= 0.6 is 0 Å². The van der Waals surface area contributed by atoms with E-state index in [1.807, 2.05) is 24.3 Å². The molecule has 2 nitrogen and oxygen atoms in total. The first-order valence-corrected chi connectivity index (χ1v) is 9.25. The highest BCUT2D eigenvalue weighted by Crippen LogP contribution is 2.73. The maximum Gasteiger partial charge on any atom is 0.115 e. The highest BCUT2D eigenvalue weighted by Gasteiger charge is 2.68. The van der Waals surface area contributed by atoms with Gasteiger partial charge in [0.05, 0.1) is 0 Å². The van der Waals surface area contributed by atoms with Gasteiger partial charge in [0.25, 0.3) is 0 Å². The first kappa shape index (κ1) is 14.4. The van der Waals surface area contributed by atoms with Crippen LogP contribution in [0, 0.1) is 11.8 Å². The Bertz CT molecular complexity index is 764. The molecule has 2 N–H and O–H groups in total. The van der Waals surface area contributed by atoms with Gasteiger partial charge in [-0.05, 0) is 79.3 Å². The highest BCUT2D eigenvalue weighted by molar-refractivity contribution is 5.48. The van der Waals surface area contributed by atoms with Crippen LogP contribution in [0.25, 0.3) is 0 Å². The summed E-state index contributed by atoms with van der Waals surface area (Å²) in [5.74, 6) is 2.30. The average molecular weight is 320 g/mol. The molecule has 2 aromatic carbocycles. The predicted molar refractivity (Wildman–Crippen MR) is 94.3 cm³/mol. The van der Waals surface area contributed by atoms with E-state index in [-0.39, 0.29) is 10.8 Å². The summed E-state index contributed by atoms with van der Waals surface area (Å²) in [6.45, 7) is 0. The van der Waals surface area contributed by atoms with E-state index >= 15 is 0 Å². The monoisotopic (exact) mass is 320 g/mol. The SMILES string of the molecule is Oc1ccc(C23CCC(C2)C2CCCC23c2ccc(O)cc2)cc1. The van der Waals surface area contributed by atoms with E-state index in [9.17, 15) is 10.2 Å². The molecule has 0 saturated heterocycles. The minimum absolute atomic E-state index is 0.198. The third-order valence-corrected chi connectivity index (χ3v) is 7.50. The lowest BCUT2D eigenvalue weighted by atomic mass is 9.54. The lowest BCUT2D eigenvalue weighted by Gasteiger charge is -2.49. The van der Waals surface area contributed by atoms with Gasteiger partial charge in [-0.2, -0.15) is 0 Å². The molecule has 4 atom stereocenters. The summed E-state index contributed by atoms with van der Waals surface area (Å²) in [7, 11) is 0. The van der Waals surface area contributed by atoms with Crippen molar-refractivity contribution in [1.29, 1.82) is 0 Å². The van der Waals surface area contributed by atoms with E-state index in [1.54, 1.807) is 0 Å². The van der Waals surface area contributed by atoms with Crippen LogP contribution in [0.1, 0.15) is 49.7 Å². The molecule has 3 aliphatic carbocycles. The van der Waals surface area contributed by atoms with Gasteiger partial charge in [-0.3, -0.25) is 0 Å². The Morgan fingerprint density at radius 2 is 1.38 bits per heavy atom. The van der Waals surface area contributed by atoms with Crippen molar-refractivity contribution in [2.45, 2.75) is 49.4 Å². The number of phenolic OH excluding ortho intramolecular Hbond substituents is 2. The molecule has 5 rings (SSSR count). The van der Waals surface area contributed by atoms with Crippen LogP contribution in [0.2, 0.25) is 0 Å². The van der Waals surface area contributed by atoms with Crippen molar-refractivity contribution in [3.63, 3.8) is 0 Å². The Hall–Kier alpha value is -1.96. The van der Waals surface area contributed by atoms with Crippen molar-refractivity contribution in [2.75, 3.05) is 0 Å². The fourth-order valence-corrected chi connectivity index (χ4v) is 6.79. The zero-order valence-corrected chi connectivity index (χ0v) is 13.9. The number of hydrogen-bond donors (Lipinski definition) is 2. The minimum Gasteiger partial charge on any atom is -0.508 e. The van der Waals surface area contributed by atoms with Crippen LogP contribution in [0.5, 0.6) is 11.5 Å². The minimum atomic E-state index is 0.198. The quantitative estimate of drug-likeness (QED) is 0.827. The summed E-state index contributed by atoms with van der Waals surface area (Å²) < 4.78 is 0. The van der Waals surface area contributed by atoms with E-state index in [0.29, 0.717) is 11.5 Å². The van der Waals surface area contributed by atoms with Gasteiger partial charge in [0, 0.05) is 10.8 Å². The molecule has 24 heavy (non-hydrogen) atoms. The summed E-state index contributed by atoms with van der Waals surface area (Å²) in [5.41, 5.74) is 3.22.